The molecule has 0 radical (unpaired) electrons. The lowest BCUT2D eigenvalue weighted by Gasteiger charge is -2.15. The van der Waals surface area contributed by atoms with Gasteiger partial charge in [-0.25, -0.2) is 4.57 Å². The van der Waals surface area contributed by atoms with Gasteiger partial charge in [0, 0.05) is 0 Å². The minimum absolute atomic E-state index is 0.0854. The van der Waals surface area contributed by atoms with E-state index in [0.29, 0.717) is 12.4 Å². The SMILES string of the molecule is COc1ccccc1OP(=O)(O)CCOCc1ccccc1. The molecule has 2 rings (SSSR count). The van der Waals surface area contributed by atoms with Crippen molar-refractivity contribution in [1.29, 1.82) is 0 Å². The van der Waals surface area contributed by atoms with E-state index in [4.69, 9.17) is 14.0 Å². The lowest BCUT2D eigenvalue weighted by Crippen LogP contribution is -2.05. The number of methoxy groups -OCH3 is 1. The van der Waals surface area contributed by atoms with E-state index < -0.39 is 7.60 Å². The standard InChI is InChI=1S/C16H19O5P/c1-19-15-9-5-6-10-16(15)21-22(17,18)12-11-20-13-14-7-3-2-4-8-14/h2-10H,11-13H2,1H3,(H,17,18). The van der Waals surface area contributed by atoms with Crippen LogP contribution in [-0.4, -0.2) is 24.8 Å². The van der Waals surface area contributed by atoms with Gasteiger partial charge >= 0.3 is 7.60 Å². The summed E-state index contributed by atoms with van der Waals surface area (Å²) in [7, 11) is -2.30. The third-order valence-corrected chi connectivity index (χ3v) is 4.17. The minimum atomic E-state index is -3.78. The van der Waals surface area contributed by atoms with Crippen molar-refractivity contribution in [2.75, 3.05) is 19.9 Å². The first-order chi connectivity index (χ1) is 10.6. The maximum absolute atomic E-state index is 12.1. The van der Waals surface area contributed by atoms with Gasteiger partial charge in [-0.15, -0.1) is 0 Å². The van der Waals surface area contributed by atoms with E-state index >= 15 is 0 Å². The lowest BCUT2D eigenvalue weighted by atomic mass is 10.2. The molecule has 0 fully saturated rings. The fourth-order valence-electron chi connectivity index (χ4n) is 1.84. The molecule has 0 heterocycles. The van der Waals surface area contributed by atoms with Gasteiger partial charge in [-0.05, 0) is 17.7 Å². The fraction of sp³-hybridized carbons (Fsp3) is 0.250. The number of ether oxygens (including phenoxy) is 2. The van der Waals surface area contributed by atoms with Gasteiger partial charge < -0.3 is 18.9 Å². The van der Waals surface area contributed by atoms with Gasteiger partial charge in [0.05, 0.1) is 26.5 Å². The Bertz CT molecular complexity index is 629. The summed E-state index contributed by atoms with van der Waals surface area (Å²) in [6, 6.07) is 16.4. The van der Waals surface area contributed by atoms with Crippen LogP contribution in [0.1, 0.15) is 5.56 Å². The molecule has 1 unspecified atom stereocenters. The first kappa shape index (κ1) is 16.6. The molecule has 118 valence electrons. The summed E-state index contributed by atoms with van der Waals surface area (Å²) in [6.07, 6.45) is -0.0854. The summed E-state index contributed by atoms with van der Waals surface area (Å²) < 4.78 is 27.7. The Balaban J connectivity index is 1.82. The Morgan fingerprint density at radius 3 is 2.32 bits per heavy atom. The zero-order valence-electron chi connectivity index (χ0n) is 12.3. The third-order valence-electron chi connectivity index (χ3n) is 2.94. The Hall–Kier alpha value is -1.81. The molecule has 0 aromatic heterocycles. The third kappa shape index (κ3) is 5.19. The van der Waals surface area contributed by atoms with Gasteiger partial charge in [0.2, 0.25) is 0 Å². The molecule has 1 N–H and O–H groups in total. The van der Waals surface area contributed by atoms with Crippen LogP contribution in [0.15, 0.2) is 54.6 Å². The molecule has 0 amide bonds. The largest absolute Gasteiger partial charge is 0.493 e. The molecule has 0 saturated carbocycles. The van der Waals surface area contributed by atoms with Crippen LogP contribution in [0, 0.1) is 0 Å². The maximum Gasteiger partial charge on any atom is 0.379 e. The second-order valence-electron chi connectivity index (χ2n) is 4.64. The highest BCUT2D eigenvalue weighted by molar-refractivity contribution is 7.53. The highest BCUT2D eigenvalue weighted by Gasteiger charge is 2.22. The van der Waals surface area contributed by atoms with Crippen molar-refractivity contribution in [2.45, 2.75) is 6.61 Å². The highest BCUT2D eigenvalue weighted by atomic mass is 31.2. The highest BCUT2D eigenvalue weighted by Crippen LogP contribution is 2.45. The molecule has 6 heteroatoms. The van der Waals surface area contributed by atoms with Crippen molar-refractivity contribution in [2.24, 2.45) is 0 Å². The average molecular weight is 322 g/mol. The number of hydrogen-bond acceptors (Lipinski definition) is 4. The summed E-state index contributed by atoms with van der Waals surface area (Å²) >= 11 is 0. The molecule has 0 aliphatic rings. The molecular weight excluding hydrogens is 303 g/mol. The molecule has 5 nitrogen and oxygen atoms in total. The minimum Gasteiger partial charge on any atom is -0.493 e. The van der Waals surface area contributed by atoms with E-state index in [1.807, 2.05) is 30.3 Å². The lowest BCUT2D eigenvalue weighted by molar-refractivity contribution is 0.132. The summed E-state index contributed by atoms with van der Waals surface area (Å²) in [5.41, 5.74) is 1.01. The number of hydrogen-bond donors (Lipinski definition) is 1. The molecule has 0 saturated heterocycles. The van der Waals surface area contributed by atoms with Crippen molar-refractivity contribution in [3.05, 3.63) is 60.2 Å². The summed E-state index contributed by atoms with van der Waals surface area (Å²) in [4.78, 5) is 9.88. The van der Waals surface area contributed by atoms with Crippen LogP contribution >= 0.6 is 7.60 Å². The topological polar surface area (TPSA) is 65.0 Å². The number of rotatable bonds is 8. The summed E-state index contributed by atoms with van der Waals surface area (Å²) in [6.45, 7) is 0.535. The van der Waals surface area contributed by atoms with Crippen LogP contribution < -0.4 is 9.26 Å². The normalized spacial score (nSPS) is 13.4. The van der Waals surface area contributed by atoms with Crippen LogP contribution in [-0.2, 0) is 15.9 Å². The van der Waals surface area contributed by atoms with E-state index in [1.165, 1.54) is 7.11 Å². The van der Waals surface area contributed by atoms with Gasteiger partial charge in [0.1, 0.15) is 0 Å². The van der Waals surface area contributed by atoms with Crippen molar-refractivity contribution in [3.63, 3.8) is 0 Å². The van der Waals surface area contributed by atoms with E-state index in [0.717, 1.165) is 5.56 Å². The molecule has 2 aromatic rings. The second-order valence-corrected chi connectivity index (χ2v) is 6.55. The van der Waals surface area contributed by atoms with Gasteiger partial charge in [0.15, 0.2) is 11.5 Å². The van der Waals surface area contributed by atoms with Crippen LogP contribution in [0.25, 0.3) is 0 Å². The van der Waals surface area contributed by atoms with Crippen LogP contribution in [0.4, 0.5) is 0 Å². The van der Waals surface area contributed by atoms with Crippen molar-refractivity contribution >= 4 is 7.60 Å². The van der Waals surface area contributed by atoms with Gasteiger partial charge in [0.25, 0.3) is 0 Å². The van der Waals surface area contributed by atoms with E-state index in [-0.39, 0.29) is 18.5 Å². The Labute approximate surface area is 130 Å². The first-order valence-corrected chi connectivity index (χ1v) is 8.63. The Morgan fingerprint density at radius 2 is 1.64 bits per heavy atom. The van der Waals surface area contributed by atoms with E-state index in [1.54, 1.807) is 24.3 Å². The molecule has 22 heavy (non-hydrogen) atoms. The second kappa shape index (κ2) is 7.99. The molecule has 0 aliphatic heterocycles. The predicted molar refractivity (Wildman–Crippen MR) is 84.4 cm³/mol. The van der Waals surface area contributed by atoms with Crippen molar-refractivity contribution in [3.8, 4) is 11.5 Å². The van der Waals surface area contributed by atoms with Crippen LogP contribution in [0.3, 0.4) is 0 Å². The van der Waals surface area contributed by atoms with Gasteiger partial charge in [-0.2, -0.15) is 0 Å². The quantitative estimate of drug-likeness (QED) is 0.595. The zero-order valence-corrected chi connectivity index (χ0v) is 13.2. The molecule has 0 aliphatic carbocycles. The fourth-order valence-corrected chi connectivity index (χ4v) is 2.75. The maximum atomic E-state index is 12.1. The Morgan fingerprint density at radius 1 is 1.00 bits per heavy atom. The van der Waals surface area contributed by atoms with Crippen LogP contribution in [0.5, 0.6) is 11.5 Å². The summed E-state index contributed by atoms with van der Waals surface area (Å²) in [5.74, 6) is 0.667. The van der Waals surface area contributed by atoms with E-state index in [2.05, 4.69) is 0 Å². The molecular formula is C16H19O5P. The van der Waals surface area contributed by atoms with Crippen molar-refractivity contribution < 1.29 is 23.5 Å². The molecule has 1 atom stereocenters. The molecule has 0 bridgehead atoms. The summed E-state index contributed by atoms with van der Waals surface area (Å²) in [5, 5.41) is 0. The first-order valence-electron chi connectivity index (χ1n) is 6.87. The van der Waals surface area contributed by atoms with Gasteiger partial charge in [-0.1, -0.05) is 42.5 Å². The van der Waals surface area contributed by atoms with E-state index in [9.17, 15) is 9.46 Å². The average Bonchev–Trinajstić information content (AvgIpc) is 2.53. The number of para-hydroxylation sites is 2. The zero-order chi connectivity index (χ0) is 15.8. The molecule has 0 spiro atoms. The predicted octanol–water partition coefficient (Wildman–Crippen LogP) is 3.48. The van der Waals surface area contributed by atoms with Gasteiger partial charge in [-0.3, -0.25) is 0 Å². The van der Waals surface area contributed by atoms with Crippen LogP contribution in [0.2, 0.25) is 0 Å². The smallest absolute Gasteiger partial charge is 0.379 e. The van der Waals surface area contributed by atoms with Crippen molar-refractivity contribution in [1.82, 2.24) is 0 Å². The molecule has 2 aromatic carbocycles. The monoisotopic (exact) mass is 322 g/mol. The number of benzene rings is 2. The Kier molecular flexibility index (Phi) is 6.01.